The molecule has 3 nitrogen and oxygen atoms in total. The minimum absolute atomic E-state index is 0.0247. The summed E-state index contributed by atoms with van der Waals surface area (Å²) in [5.41, 5.74) is 2.80. The van der Waals surface area contributed by atoms with Crippen molar-refractivity contribution in [3.8, 4) is 0 Å². The summed E-state index contributed by atoms with van der Waals surface area (Å²) in [5, 5.41) is -0.262. The molecule has 0 fully saturated rings. The van der Waals surface area contributed by atoms with Crippen LogP contribution in [0.3, 0.4) is 0 Å². The van der Waals surface area contributed by atoms with Gasteiger partial charge in [0, 0.05) is 16.7 Å². The Morgan fingerprint density at radius 2 is 1.40 bits per heavy atom. The third-order valence-corrected chi connectivity index (χ3v) is 7.89. The highest BCUT2D eigenvalue weighted by Crippen LogP contribution is 2.39. The molecule has 1 unspecified atom stereocenters. The van der Waals surface area contributed by atoms with E-state index in [9.17, 15) is 14.2 Å². The molecule has 30 heavy (non-hydrogen) atoms. The van der Waals surface area contributed by atoms with Gasteiger partial charge in [-0.1, -0.05) is 82.8 Å². The largest absolute Gasteiger partial charge is 0.313 e. The molecule has 0 aliphatic rings. The van der Waals surface area contributed by atoms with E-state index in [0.29, 0.717) is 11.1 Å². The maximum Gasteiger partial charge on any atom is 0.223 e. The molecule has 3 rings (SSSR count). The maximum absolute atomic E-state index is 13.2. The SMILES string of the molecule is Cc1cc(C)c(C(=O)[PH](=O)c2c(Cl)cc(C(=O)c3ccccc3)c(Cl)c2Cl)c(C)c1. The fourth-order valence-electron chi connectivity index (χ4n) is 3.48. The second kappa shape index (κ2) is 9.08. The lowest BCUT2D eigenvalue weighted by atomic mass is 10.0. The molecule has 0 aliphatic carbocycles. The second-order valence-corrected chi connectivity index (χ2v) is 9.81. The van der Waals surface area contributed by atoms with Crippen LogP contribution in [0, 0.1) is 20.8 Å². The first-order valence-corrected chi connectivity index (χ1v) is 11.6. The molecule has 7 heteroatoms. The molecule has 0 spiro atoms. The Hall–Kier alpha value is -1.90. The van der Waals surface area contributed by atoms with Gasteiger partial charge in [0.25, 0.3) is 0 Å². The Morgan fingerprint density at radius 1 is 0.833 bits per heavy atom. The van der Waals surface area contributed by atoms with E-state index in [-0.39, 0.29) is 31.7 Å². The molecule has 0 aromatic heterocycles. The van der Waals surface area contributed by atoms with Crippen LogP contribution in [0.25, 0.3) is 0 Å². The summed E-state index contributed by atoms with van der Waals surface area (Å²) in [4.78, 5) is 25.9. The van der Waals surface area contributed by atoms with E-state index in [1.165, 1.54) is 6.07 Å². The van der Waals surface area contributed by atoms with Crippen molar-refractivity contribution in [1.82, 2.24) is 0 Å². The summed E-state index contributed by atoms with van der Waals surface area (Å²) < 4.78 is 13.2. The van der Waals surface area contributed by atoms with Gasteiger partial charge >= 0.3 is 0 Å². The Labute approximate surface area is 190 Å². The Bertz CT molecular complexity index is 1180. The molecule has 3 aromatic carbocycles. The van der Waals surface area contributed by atoms with Crippen LogP contribution in [0.2, 0.25) is 15.1 Å². The lowest BCUT2D eigenvalue weighted by molar-refractivity contribution is 0.103. The predicted octanol–water partition coefficient (Wildman–Crippen LogP) is 6.83. The van der Waals surface area contributed by atoms with Crippen LogP contribution in [0.5, 0.6) is 0 Å². The first-order chi connectivity index (χ1) is 14.1. The summed E-state index contributed by atoms with van der Waals surface area (Å²) >= 11 is 19.1. The standard InChI is InChI=1S/C23H18Cl3O3P/c1-12-9-13(2)18(14(3)10-12)23(28)30(29)22-17(24)11-16(19(25)20(22)26)21(27)15-7-5-4-6-8-15/h4-11,30H,1-3H3. The number of hydrogen-bond donors (Lipinski definition) is 0. The highest BCUT2D eigenvalue weighted by Gasteiger charge is 2.28. The van der Waals surface area contributed by atoms with Gasteiger partial charge in [-0.05, 0) is 38.0 Å². The van der Waals surface area contributed by atoms with Gasteiger partial charge in [-0.25, -0.2) is 0 Å². The molecule has 0 amide bonds. The van der Waals surface area contributed by atoms with Crippen molar-refractivity contribution >= 4 is 59.2 Å². The van der Waals surface area contributed by atoms with Crippen molar-refractivity contribution in [2.24, 2.45) is 0 Å². The molecule has 154 valence electrons. The molecule has 0 radical (unpaired) electrons. The Balaban J connectivity index is 2.08. The summed E-state index contributed by atoms with van der Waals surface area (Å²) in [6, 6.07) is 13.6. The molecule has 0 N–H and O–H groups in total. The Kier molecular flexibility index (Phi) is 6.89. The molecule has 0 saturated carbocycles. The van der Waals surface area contributed by atoms with Crippen LogP contribution in [0.1, 0.15) is 43.0 Å². The zero-order chi connectivity index (χ0) is 22.2. The quantitative estimate of drug-likeness (QED) is 0.229. The lowest BCUT2D eigenvalue weighted by Gasteiger charge is -2.14. The highest BCUT2D eigenvalue weighted by atomic mass is 35.5. The van der Waals surface area contributed by atoms with Gasteiger partial charge in [0.05, 0.1) is 20.4 Å². The molecule has 0 aliphatic heterocycles. The Morgan fingerprint density at radius 3 is 1.97 bits per heavy atom. The zero-order valence-corrected chi connectivity index (χ0v) is 19.7. The van der Waals surface area contributed by atoms with Gasteiger partial charge in [0.2, 0.25) is 5.52 Å². The van der Waals surface area contributed by atoms with Crippen LogP contribution in [-0.4, -0.2) is 11.3 Å². The third kappa shape index (κ3) is 4.26. The van der Waals surface area contributed by atoms with E-state index in [1.54, 1.807) is 44.2 Å². The number of aryl methyl sites for hydroxylation is 3. The molecule has 0 saturated heterocycles. The number of ketones is 1. The van der Waals surface area contributed by atoms with Gasteiger partial charge in [-0.3, -0.25) is 9.59 Å². The number of benzene rings is 3. The number of carbonyl (C=O) groups is 2. The molecular weight excluding hydrogens is 462 g/mol. The molecule has 0 bridgehead atoms. The van der Waals surface area contributed by atoms with Crippen molar-refractivity contribution in [3.05, 3.63) is 97.0 Å². The van der Waals surface area contributed by atoms with E-state index < -0.39 is 13.3 Å². The van der Waals surface area contributed by atoms with Crippen LogP contribution in [0.15, 0.2) is 48.5 Å². The number of rotatable bonds is 5. The van der Waals surface area contributed by atoms with Crippen LogP contribution in [0.4, 0.5) is 0 Å². The van der Waals surface area contributed by atoms with Gasteiger partial charge in [-0.2, -0.15) is 0 Å². The fourth-order valence-corrected chi connectivity index (χ4v) is 6.23. The first-order valence-electron chi connectivity index (χ1n) is 9.07. The van der Waals surface area contributed by atoms with E-state index in [0.717, 1.165) is 16.7 Å². The fraction of sp³-hybridized carbons (Fsp3) is 0.130. The number of hydrogen-bond acceptors (Lipinski definition) is 3. The summed E-state index contributed by atoms with van der Waals surface area (Å²) in [7, 11) is -3.09. The average Bonchev–Trinajstić information content (AvgIpc) is 2.70. The van der Waals surface area contributed by atoms with Crippen molar-refractivity contribution in [2.45, 2.75) is 20.8 Å². The molecule has 1 atom stereocenters. The number of halogens is 3. The molecule has 0 heterocycles. The third-order valence-electron chi connectivity index (χ3n) is 4.78. The van der Waals surface area contributed by atoms with Crippen LogP contribution < -0.4 is 5.30 Å². The highest BCUT2D eigenvalue weighted by molar-refractivity contribution is 7.72. The van der Waals surface area contributed by atoms with E-state index in [1.807, 2.05) is 19.1 Å². The maximum atomic E-state index is 13.2. The van der Waals surface area contributed by atoms with Crippen molar-refractivity contribution in [1.29, 1.82) is 0 Å². The van der Waals surface area contributed by atoms with E-state index >= 15 is 0 Å². The van der Waals surface area contributed by atoms with Gasteiger partial charge < -0.3 is 4.57 Å². The second-order valence-electron chi connectivity index (χ2n) is 7.04. The molecule has 3 aromatic rings. The topological polar surface area (TPSA) is 51.2 Å². The van der Waals surface area contributed by atoms with E-state index in [2.05, 4.69) is 0 Å². The minimum atomic E-state index is -3.09. The van der Waals surface area contributed by atoms with Gasteiger partial charge in [0.1, 0.15) is 0 Å². The zero-order valence-electron chi connectivity index (χ0n) is 16.5. The normalized spacial score (nSPS) is 11.9. The van der Waals surface area contributed by atoms with Crippen molar-refractivity contribution in [3.63, 3.8) is 0 Å². The molecular formula is C23H18Cl3O3P. The van der Waals surface area contributed by atoms with Crippen LogP contribution in [-0.2, 0) is 4.57 Å². The lowest BCUT2D eigenvalue weighted by Crippen LogP contribution is -2.13. The first kappa shape index (κ1) is 22.8. The smallest absolute Gasteiger partial charge is 0.223 e. The average molecular weight is 480 g/mol. The van der Waals surface area contributed by atoms with Crippen molar-refractivity contribution < 1.29 is 14.2 Å². The predicted molar refractivity (Wildman–Crippen MR) is 125 cm³/mol. The minimum Gasteiger partial charge on any atom is -0.313 e. The summed E-state index contributed by atoms with van der Waals surface area (Å²) in [5.74, 6) is -0.368. The van der Waals surface area contributed by atoms with Gasteiger partial charge in [0.15, 0.2) is 13.6 Å². The van der Waals surface area contributed by atoms with Crippen molar-refractivity contribution in [2.75, 3.05) is 0 Å². The summed E-state index contributed by atoms with van der Waals surface area (Å²) in [6.07, 6.45) is 0. The van der Waals surface area contributed by atoms with E-state index in [4.69, 9.17) is 34.8 Å². The van der Waals surface area contributed by atoms with Crippen LogP contribution >= 0.6 is 42.6 Å². The summed E-state index contributed by atoms with van der Waals surface area (Å²) in [6.45, 7) is 5.51. The monoisotopic (exact) mass is 478 g/mol. The number of carbonyl (C=O) groups excluding carboxylic acids is 2. The van der Waals surface area contributed by atoms with Gasteiger partial charge in [-0.15, -0.1) is 0 Å².